The van der Waals surface area contributed by atoms with Crippen molar-refractivity contribution in [2.75, 3.05) is 0 Å². The van der Waals surface area contributed by atoms with Gasteiger partial charge in [-0.2, -0.15) is 0 Å². The third-order valence-electron chi connectivity index (χ3n) is 2.42. The minimum absolute atomic E-state index is 0.296. The van der Waals surface area contributed by atoms with Gasteiger partial charge in [0.25, 0.3) is 0 Å². The normalized spacial score (nSPS) is 17.0. The lowest BCUT2D eigenvalue weighted by Crippen LogP contribution is -2.24. The van der Waals surface area contributed by atoms with Gasteiger partial charge in [0.1, 0.15) is 17.2 Å². The molecule has 0 saturated carbocycles. The van der Waals surface area contributed by atoms with Crippen LogP contribution in [0.2, 0.25) is 0 Å². The number of aromatic carboxylic acids is 1. The predicted octanol–water partition coefficient (Wildman–Crippen LogP) is 2.24. The van der Waals surface area contributed by atoms with E-state index in [4.69, 9.17) is 9.84 Å². The van der Waals surface area contributed by atoms with Gasteiger partial charge in [0, 0.05) is 12.0 Å². The Kier molecular flexibility index (Phi) is 1.96. The molecule has 0 aromatic heterocycles. The van der Waals surface area contributed by atoms with Crippen LogP contribution in [0.5, 0.6) is 5.75 Å². The number of carboxylic acids is 1. The van der Waals surface area contributed by atoms with Gasteiger partial charge in [-0.1, -0.05) is 0 Å². The number of hydrogen-bond acceptors (Lipinski definition) is 2. The van der Waals surface area contributed by atoms with Crippen LogP contribution in [0.4, 0.5) is 4.39 Å². The molecule has 1 aliphatic heterocycles. The molecule has 1 heterocycles. The third kappa shape index (κ3) is 1.56. The minimum atomic E-state index is -1.25. The van der Waals surface area contributed by atoms with Crippen molar-refractivity contribution in [3.8, 4) is 5.75 Å². The van der Waals surface area contributed by atoms with Gasteiger partial charge in [-0.05, 0) is 26.0 Å². The fourth-order valence-corrected chi connectivity index (χ4v) is 1.79. The molecule has 1 aromatic rings. The molecule has 2 rings (SSSR count). The number of carbonyl (C=O) groups is 1. The van der Waals surface area contributed by atoms with Gasteiger partial charge in [0.2, 0.25) is 0 Å². The van der Waals surface area contributed by atoms with Crippen molar-refractivity contribution in [3.05, 3.63) is 29.1 Å². The first-order chi connectivity index (χ1) is 6.91. The van der Waals surface area contributed by atoms with Crippen molar-refractivity contribution in [1.82, 2.24) is 0 Å². The molecule has 80 valence electrons. The molecule has 0 fully saturated rings. The maximum atomic E-state index is 13.7. The number of rotatable bonds is 1. The van der Waals surface area contributed by atoms with Crippen molar-refractivity contribution in [3.63, 3.8) is 0 Å². The maximum absolute atomic E-state index is 13.7. The summed E-state index contributed by atoms with van der Waals surface area (Å²) in [4.78, 5) is 10.7. The zero-order valence-corrected chi connectivity index (χ0v) is 8.50. The van der Waals surface area contributed by atoms with Crippen molar-refractivity contribution in [2.45, 2.75) is 25.9 Å². The molecule has 0 aliphatic carbocycles. The number of benzene rings is 1. The zero-order chi connectivity index (χ0) is 11.2. The van der Waals surface area contributed by atoms with E-state index >= 15 is 0 Å². The van der Waals surface area contributed by atoms with E-state index in [0.29, 0.717) is 17.7 Å². The molecular weight excluding hydrogens is 199 g/mol. The second-order valence-electron chi connectivity index (χ2n) is 4.25. The molecule has 0 spiro atoms. The first-order valence-electron chi connectivity index (χ1n) is 4.64. The Labute approximate surface area is 86.5 Å². The second-order valence-corrected chi connectivity index (χ2v) is 4.25. The van der Waals surface area contributed by atoms with E-state index in [1.807, 2.05) is 13.8 Å². The lowest BCUT2D eigenvalue weighted by molar-refractivity contribution is 0.0691. The summed E-state index contributed by atoms with van der Waals surface area (Å²) in [6.45, 7) is 3.68. The van der Waals surface area contributed by atoms with Gasteiger partial charge in [-0.15, -0.1) is 0 Å². The SMILES string of the molecule is CC1(C)Cc2c(ccc(C(=O)O)c2F)O1. The lowest BCUT2D eigenvalue weighted by Gasteiger charge is -2.16. The summed E-state index contributed by atoms with van der Waals surface area (Å²) in [5.41, 5.74) is -0.393. The van der Waals surface area contributed by atoms with Crippen molar-refractivity contribution >= 4 is 5.97 Å². The molecule has 1 aliphatic rings. The summed E-state index contributed by atoms with van der Waals surface area (Å²) >= 11 is 0. The Bertz CT molecular complexity index is 438. The highest BCUT2D eigenvalue weighted by atomic mass is 19.1. The van der Waals surface area contributed by atoms with Crippen LogP contribution < -0.4 is 4.74 Å². The van der Waals surface area contributed by atoms with Gasteiger partial charge in [0.05, 0.1) is 5.56 Å². The van der Waals surface area contributed by atoms with Crippen LogP contribution in [0.3, 0.4) is 0 Å². The average molecular weight is 210 g/mol. The predicted molar refractivity (Wildman–Crippen MR) is 51.8 cm³/mol. The average Bonchev–Trinajstić information content (AvgIpc) is 2.40. The summed E-state index contributed by atoms with van der Waals surface area (Å²) in [6, 6.07) is 2.74. The highest BCUT2D eigenvalue weighted by Gasteiger charge is 2.33. The van der Waals surface area contributed by atoms with Crippen LogP contribution in [0.1, 0.15) is 29.8 Å². The highest BCUT2D eigenvalue weighted by molar-refractivity contribution is 5.88. The van der Waals surface area contributed by atoms with E-state index in [1.54, 1.807) is 0 Å². The quantitative estimate of drug-likeness (QED) is 0.773. The fraction of sp³-hybridized carbons (Fsp3) is 0.364. The molecule has 0 radical (unpaired) electrons. The fourth-order valence-electron chi connectivity index (χ4n) is 1.79. The van der Waals surface area contributed by atoms with Crippen LogP contribution in [0, 0.1) is 5.82 Å². The minimum Gasteiger partial charge on any atom is -0.487 e. The van der Waals surface area contributed by atoms with Crippen LogP contribution >= 0.6 is 0 Å². The Morgan fingerprint density at radius 1 is 1.53 bits per heavy atom. The molecule has 1 aromatic carbocycles. The molecule has 15 heavy (non-hydrogen) atoms. The standard InChI is InChI=1S/C11H11FO3/c1-11(2)5-7-8(15-11)4-3-6(9(7)12)10(13)14/h3-4H,5H2,1-2H3,(H,13,14). The lowest BCUT2D eigenvalue weighted by atomic mass is 9.99. The van der Waals surface area contributed by atoms with Crippen LogP contribution in [-0.4, -0.2) is 16.7 Å². The zero-order valence-electron chi connectivity index (χ0n) is 8.50. The summed E-state index contributed by atoms with van der Waals surface area (Å²) in [7, 11) is 0. The van der Waals surface area contributed by atoms with E-state index in [-0.39, 0.29) is 5.56 Å². The number of halogens is 1. The smallest absolute Gasteiger partial charge is 0.338 e. The number of fused-ring (bicyclic) bond motifs is 1. The van der Waals surface area contributed by atoms with E-state index in [9.17, 15) is 9.18 Å². The Balaban J connectivity index is 2.53. The molecular formula is C11H11FO3. The molecule has 0 unspecified atom stereocenters. The van der Waals surface area contributed by atoms with E-state index in [1.165, 1.54) is 12.1 Å². The summed E-state index contributed by atoms with van der Waals surface area (Å²) in [6.07, 6.45) is 0.398. The largest absolute Gasteiger partial charge is 0.487 e. The van der Waals surface area contributed by atoms with Gasteiger partial charge in [-0.3, -0.25) is 0 Å². The van der Waals surface area contributed by atoms with Crippen LogP contribution in [-0.2, 0) is 6.42 Å². The molecule has 4 heteroatoms. The first kappa shape index (κ1) is 9.96. The molecule has 0 atom stereocenters. The summed E-state index contributed by atoms with van der Waals surface area (Å²) < 4.78 is 19.2. The second kappa shape index (κ2) is 2.95. The summed E-state index contributed by atoms with van der Waals surface area (Å²) in [5.74, 6) is -1.48. The van der Waals surface area contributed by atoms with Crippen LogP contribution in [0.25, 0.3) is 0 Å². The summed E-state index contributed by atoms with van der Waals surface area (Å²) in [5, 5.41) is 8.75. The highest BCUT2D eigenvalue weighted by Crippen LogP contribution is 2.37. The van der Waals surface area contributed by atoms with E-state index in [0.717, 1.165) is 0 Å². The van der Waals surface area contributed by atoms with Crippen molar-refractivity contribution in [1.29, 1.82) is 0 Å². The maximum Gasteiger partial charge on any atom is 0.338 e. The van der Waals surface area contributed by atoms with Gasteiger partial charge in [0.15, 0.2) is 0 Å². The van der Waals surface area contributed by atoms with Crippen LogP contribution in [0.15, 0.2) is 12.1 Å². The topological polar surface area (TPSA) is 46.5 Å². The number of ether oxygens (including phenoxy) is 1. The van der Waals surface area contributed by atoms with E-state index < -0.39 is 17.4 Å². The first-order valence-corrected chi connectivity index (χ1v) is 4.64. The molecule has 1 N–H and O–H groups in total. The Morgan fingerprint density at radius 3 is 2.80 bits per heavy atom. The molecule has 0 bridgehead atoms. The Morgan fingerprint density at radius 2 is 2.20 bits per heavy atom. The Hall–Kier alpha value is -1.58. The van der Waals surface area contributed by atoms with Gasteiger partial charge in [-0.25, -0.2) is 9.18 Å². The third-order valence-corrected chi connectivity index (χ3v) is 2.42. The molecule has 0 amide bonds. The molecule has 3 nitrogen and oxygen atoms in total. The molecule has 0 saturated heterocycles. The van der Waals surface area contributed by atoms with Gasteiger partial charge >= 0.3 is 5.97 Å². The monoisotopic (exact) mass is 210 g/mol. The van der Waals surface area contributed by atoms with Crippen molar-refractivity contribution < 1.29 is 19.0 Å². The number of hydrogen-bond donors (Lipinski definition) is 1. The van der Waals surface area contributed by atoms with Crippen molar-refractivity contribution in [2.24, 2.45) is 0 Å². The van der Waals surface area contributed by atoms with E-state index in [2.05, 4.69) is 0 Å². The van der Waals surface area contributed by atoms with Gasteiger partial charge < -0.3 is 9.84 Å². The number of carboxylic acid groups (broad SMARTS) is 1.